The van der Waals surface area contributed by atoms with E-state index in [0.29, 0.717) is 25.2 Å². The number of carboxylic acid groups (broad SMARTS) is 1. The van der Waals surface area contributed by atoms with Crippen molar-refractivity contribution in [3.05, 3.63) is 71.8 Å². The van der Waals surface area contributed by atoms with E-state index in [9.17, 15) is 14.7 Å². The molecule has 0 aliphatic carbocycles. The fraction of sp³-hybridized carbons (Fsp3) is 0.333. The summed E-state index contributed by atoms with van der Waals surface area (Å²) in [6.45, 7) is 3.90. The zero-order valence-electron chi connectivity index (χ0n) is 14.9. The molecule has 136 valence electrons. The van der Waals surface area contributed by atoms with Crippen molar-refractivity contribution in [2.45, 2.75) is 32.0 Å². The molecule has 0 saturated carbocycles. The van der Waals surface area contributed by atoms with Crippen LogP contribution in [0.15, 0.2) is 60.7 Å². The van der Waals surface area contributed by atoms with Crippen LogP contribution >= 0.6 is 0 Å². The number of amides is 1. The first-order valence-corrected chi connectivity index (χ1v) is 8.92. The van der Waals surface area contributed by atoms with Crippen molar-refractivity contribution >= 4 is 11.9 Å². The second-order valence-corrected chi connectivity index (χ2v) is 6.73. The number of carbonyl (C=O) groups excluding carboxylic acids is 1. The lowest BCUT2D eigenvalue weighted by molar-refractivity contribution is -0.139. The van der Waals surface area contributed by atoms with Crippen LogP contribution in [0.3, 0.4) is 0 Å². The summed E-state index contributed by atoms with van der Waals surface area (Å²) in [6, 6.07) is 18.8. The van der Waals surface area contributed by atoms with Gasteiger partial charge in [0.25, 0.3) is 5.91 Å². The average molecular weight is 352 g/mol. The summed E-state index contributed by atoms with van der Waals surface area (Å²) in [7, 11) is 0. The summed E-state index contributed by atoms with van der Waals surface area (Å²) in [6.07, 6.45) is 0.0204. The Bertz CT molecular complexity index is 748. The number of benzene rings is 2. The van der Waals surface area contributed by atoms with E-state index < -0.39 is 5.97 Å². The Balaban J connectivity index is 1.79. The van der Waals surface area contributed by atoms with Crippen molar-refractivity contribution in [2.75, 3.05) is 13.1 Å². The lowest BCUT2D eigenvalue weighted by Gasteiger charge is -2.46. The van der Waals surface area contributed by atoms with E-state index in [2.05, 4.69) is 4.90 Å². The van der Waals surface area contributed by atoms with E-state index >= 15 is 0 Å². The molecule has 2 atom stereocenters. The molecule has 1 aliphatic rings. The third-order valence-corrected chi connectivity index (χ3v) is 5.04. The third-order valence-electron chi connectivity index (χ3n) is 5.04. The number of nitrogens with zero attached hydrogens (tertiary/aromatic N) is 2. The zero-order valence-corrected chi connectivity index (χ0v) is 14.9. The normalized spacial score (nSPS) is 20.7. The molecule has 3 rings (SSSR count). The molecule has 0 spiro atoms. The minimum Gasteiger partial charge on any atom is -0.481 e. The first-order valence-electron chi connectivity index (χ1n) is 8.92. The van der Waals surface area contributed by atoms with Crippen LogP contribution < -0.4 is 0 Å². The first-order chi connectivity index (χ1) is 12.6. The second-order valence-electron chi connectivity index (χ2n) is 6.73. The van der Waals surface area contributed by atoms with Gasteiger partial charge in [-0.25, -0.2) is 0 Å². The summed E-state index contributed by atoms with van der Waals surface area (Å²) in [5.41, 5.74) is 1.79. The van der Waals surface area contributed by atoms with Crippen molar-refractivity contribution in [2.24, 2.45) is 0 Å². The van der Waals surface area contributed by atoms with Crippen LogP contribution in [0, 0.1) is 0 Å². The van der Waals surface area contributed by atoms with Crippen LogP contribution in [-0.2, 0) is 11.3 Å². The van der Waals surface area contributed by atoms with Crippen molar-refractivity contribution in [3.63, 3.8) is 0 Å². The van der Waals surface area contributed by atoms with Crippen LogP contribution in [0.25, 0.3) is 0 Å². The van der Waals surface area contributed by atoms with Gasteiger partial charge in [0.15, 0.2) is 0 Å². The number of hydrogen-bond acceptors (Lipinski definition) is 3. The van der Waals surface area contributed by atoms with Gasteiger partial charge in [0.05, 0.1) is 6.42 Å². The maximum atomic E-state index is 12.9. The predicted octanol–water partition coefficient (Wildman–Crippen LogP) is 2.88. The summed E-state index contributed by atoms with van der Waals surface area (Å²) in [4.78, 5) is 28.3. The minimum absolute atomic E-state index is 0.0204. The molecule has 0 bridgehead atoms. The van der Waals surface area contributed by atoms with Gasteiger partial charge in [0, 0.05) is 37.3 Å². The standard InChI is InChI=1S/C21H24N2O3/c1-16-19(14-20(24)25)22(15-17-8-4-2-5-9-17)12-13-23(16)21(26)18-10-6-3-7-11-18/h2-11,16,19H,12-15H2,1H3,(H,24,25)/t16-,19+/m0/s1. The molecule has 26 heavy (non-hydrogen) atoms. The monoisotopic (exact) mass is 352 g/mol. The minimum atomic E-state index is -0.839. The van der Waals surface area contributed by atoms with Gasteiger partial charge in [-0.2, -0.15) is 0 Å². The Hall–Kier alpha value is -2.66. The number of hydrogen-bond donors (Lipinski definition) is 1. The number of carbonyl (C=O) groups is 2. The fourth-order valence-corrected chi connectivity index (χ4v) is 3.64. The molecule has 1 N–H and O–H groups in total. The largest absolute Gasteiger partial charge is 0.481 e. The number of carboxylic acids is 1. The smallest absolute Gasteiger partial charge is 0.305 e. The average Bonchev–Trinajstić information content (AvgIpc) is 2.65. The van der Waals surface area contributed by atoms with Gasteiger partial charge in [-0.3, -0.25) is 14.5 Å². The Labute approximate surface area is 153 Å². The molecular weight excluding hydrogens is 328 g/mol. The molecule has 0 radical (unpaired) electrons. The van der Waals surface area contributed by atoms with Crippen molar-refractivity contribution < 1.29 is 14.7 Å². The number of piperazine rings is 1. The van der Waals surface area contributed by atoms with Gasteiger partial charge < -0.3 is 10.0 Å². The summed E-state index contributed by atoms with van der Waals surface area (Å²) in [5, 5.41) is 9.38. The SMILES string of the molecule is C[C@H]1[C@@H](CC(=O)O)N(Cc2ccccc2)CCN1C(=O)c1ccccc1. The molecule has 1 fully saturated rings. The van der Waals surface area contributed by atoms with E-state index in [1.54, 1.807) is 12.1 Å². The lowest BCUT2D eigenvalue weighted by Crippen LogP contribution is -2.60. The van der Waals surface area contributed by atoms with Crippen LogP contribution in [0.1, 0.15) is 29.3 Å². The molecular formula is C21H24N2O3. The predicted molar refractivity (Wildman–Crippen MR) is 99.8 cm³/mol. The van der Waals surface area contributed by atoms with Gasteiger partial charge in [0.2, 0.25) is 0 Å². The Morgan fingerprint density at radius 3 is 2.23 bits per heavy atom. The van der Waals surface area contributed by atoms with Gasteiger partial charge in [0.1, 0.15) is 0 Å². The lowest BCUT2D eigenvalue weighted by atomic mass is 9.97. The summed E-state index contributed by atoms with van der Waals surface area (Å²) < 4.78 is 0. The summed E-state index contributed by atoms with van der Waals surface area (Å²) >= 11 is 0. The molecule has 1 aliphatic heterocycles. The maximum Gasteiger partial charge on any atom is 0.305 e. The zero-order chi connectivity index (χ0) is 18.5. The van der Waals surface area contributed by atoms with E-state index in [0.717, 1.165) is 5.56 Å². The van der Waals surface area contributed by atoms with E-state index in [1.807, 2.05) is 60.4 Å². The molecule has 1 amide bonds. The molecule has 2 aromatic carbocycles. The number of aliphatic carboxylic acids is 1. The van der Waals surface area contributed by atoms with E-state index in [-0.39, 0.29) is 24.4 Å². The van der Waals surface area contributed by atoms with Gasteiger partial charge in [-0.15, -0.1) is 0 Å². The van der Waals surface area contributed by atoms with Crippen LogP contribution in [0.2, 0.25) is 0 Å². The highest BCUT2D eigenvalue weighted by atomic mass is 16.4. The third kappa shape index (κ3) is 4.11. The van der Waals surface area contributed by atoms with E-state index in [1.165, 1.54) is 0 Å². The van der Waals surface area contributed by atoms with E-state index in [4.69, 9.17) is 0 Å². The van der Waals surface area contributed by atoms with Crippen molar-refractivity contribution in [1.29, 1.82) is 0 Å². The molecule has 5 heteroatoms. The van der Waals surface area contributed by atoms with Gasteiger partial charge in [-0.1, -0.05) is 48.5 Å². The highest BCUT2D eigenvalue weighted by Gasteiger charge is 2.37. The molecule has 5 nitrogen and oxygen atoms in total. The molecule has 0 unspecified atom stereocenters. The molecule has 0 aromatic heterocycles. The maximum absolute atomic E-state index is 12.9. The van der Waals surface area contributed by atoms with Crippen LogP contribution in [0.5, 0.6) is 0 Å². The second kappa shape index (κ2) is 8.15. The highest BCUT2D eigenvalue weighted by Crippen LogP contribution is 2.24. The van der Waals surface area contributed by atoms with Crippen molar-refractivity contribution in [3.8, 4) is 0 Å². The van der Waals surface area contributed by atoms with Crippen LogP contribution in [-0.4, -0.2) is 52.0 Å². The first kappa shape index (κ1) is 18.1. The quantitative estimate of drug-likeness (QED) is 0.899. The number of rotatable bonds is 5. The topological polar surface area (TPSA) is 60.9 Å². The van der Waals surface area contributed by atoms with Crippen molar-refractivity contribution in [1.82, 2.24) is 9.80 Å². The molecule has 1 heterocycles. The Kier molecular flexibility index (Phi) is 5.68. The Morgan fingerprint density at radius 2 is 1.62 bits per heavy atom. The fourth-order valence-electron chi connectivity index (χ4n) is 3.64. The van der Waals surface area contributed by atoms with Crippen LogP contribution in [0.4, 0.5) is 0 Å². The highest BCUT2D eigenvalue weighted by molar-refractivity contribution is 5.94. The van der Waals surface area contributed by atoms with Gasteiger partial charge in [-0.05, 0) is 24.6 Å². The Morgan fingerprint density at radius 1 is 1.00 bits per heavy atom. The molecule has 2 aromatic rings. The molecule has 1 saturated heterocycles. The summed E-state index contributed by atoms with van der Waals surface area (Å²) in [5.74, 6) is -0.873. The van der Waals surface area contributed by atoms with Gasteiger partial charge >= 0.3 is 5.97 Å².